The molecule has 2 aliphatic heterocycles. The molecule has 0 unspecified atom stereocenters. The third-order valence-electron chi connectivity index (χ3n) is 3.58. The van der Waals surface area contributed by atoms with Crippen LogP contribution in [0.5, 0.6) is 0 Å². The summed E-state index contributed by atoms with van der Waals surface area (Å²) in [5.74, 6) is 1.11. The van der Waals surface area contributed by atoms with Crippen molar-refractivity contribution in [2.45, 2.75) is 39.3 Å². The maximum absolute atomic E-state index is 4.71. The van der Waals surface area contributed by atoms with Gasteiger partial charge in [0, 0.05) is 32.6 Å². The Labute approximate surface area is 96.7 Å². The Balaban J connectivity index is 1.88. The normalized spacial score (nSPS) is 20.1. The number of fused-ring (bicyclic) bond motifs is 3. The zero-order valence-electron chi connectivity index (χ0n) is 10.00. The van der Waals surface area contributed by atoms with Crippen molar-refractivity contribution in [3.8, 4) is 0 Å². The Morgan fingerprint density at radius 1 is 1.38 bits per heavy atom. The highest BCUT2D eigenvalue weighted by Gasteiger charge is 2.24. The molecule has 0 atom stereocenters. The van der Waals surface area contributed by atoms with E-state index < -0.39 is 0 Å². The van der Waals surface area contributed by atoms with Crippen molar-refractivity contribution in [1.29, 1.82) is 0 Å². The quantitative estimate of drug-likeness (QED) is 0.819. The molecule has 4 heteroatoms. The minimum absolute atomic E-state index is 1.08. The van der Waals surface area contributed by atoms with Crippen molar-refractivity contribution >= 4 is 5.95 Å². The summed E-state index contributed by atoms with van der Waals surface area (Å²) >= 11 is 0. The molecule has 4 nitrogen and oxygen atoms in total. The van der Waals surface area contributed by atoms with Gasteiger partial charge in [-0.25, -0.2) is 4.98 Å². The van der Waals surface area contributed by atoms with Crippen LogP contribution in [0.2, 0.25) is 0 Å². The van der Waals surface area contributed by atoms with Gasteiger partial charge >= 0.3 is 0 Å². The molecular weight excluding hydrogens is 200 g/mol. The largest absolute Gasteiger partial charge is 0.356 e. The lowest BCUT2D eigenvalue weighted by Gasteiger charge is -2.27. The second kappa shape index (κ2) is 4.09. The van der Waals surface area contributed by atoms with Gasteiger partial charge < -0.3 is 9.88 Å². The molecule has 3 heterocycles. The summed E-state index contributed by atoms with van der Waals surface area (Å²) in [7, 11) is 0. The molecule has 0 bridgehead atoms. The van der Waals surface area contributed by atoms with Gasteiger partial charge in [-0.05, 0) is 19.4 Å². The van der Waals surface area contributed by atoms with Crippen LogP contribution in [0.1, 0.15) is 31.2 Å². The van der Waals surface area contributed by atoms with Crippen LogP contribution in [-0.4, -0.2) is 34.1 Å². The first-order chi connectivity index (χ1) is 7.88. The Kier molecular flexibility index (Phi) is 2.59. The van der Waals surface area contributed by atoms with E-state index >= 15 is 0 Å². The summed E-state index contributed by atoms with van der Waals surface area (Å²) in [6.07, 6.45) is 3.59. The summed E-state index contributed by atoms with van der Waals surface area (Å²) in [6.45, 7) is 7.96. The van der Waals surface area contributed by atoms with E-state index in [4.69, 9.17) is 4.98 Å². The first-order valence-corrected chi connectivity index (χ1v) is 6.43. The Bertz CT molecular complexity index is 383. The van der Waals surface area contributed by atoms with Gasteiger partial charge in [0.1, 0.15) is 0 Å². The van der Waals surface area contributed by atoms with Gasteiger partial charge in [-0.15, -0.1) is 0 Å². The number of anilines is 1. The predicted octanol–water partition coefficient (Wildman–Crippen LogP) is 1.47. The third-order valence-corrected chi connectivity index (χ3v) is 3.58. The zero-order valence-corrected chi connectivity index (χ0v) is 10.00. The van der Waals surface area contributed by atoms with Crippen molar-refractivity contribution in [2.24, 2.45) is 0 Å². The molecule has 0 saturated heterocycles. The van der Waals surface area contributed by atoms with Crippen LogP contribution < -0.4 is 5.32 Å². The summed E-state index contributed by atoms with van der Waals surface area (Å²) in [5.41, 5.74) is 2.79. The number of imidazole rings is 1. The average molecular weight is 220 g/mol. The highest BCUT2D eigenvalue weighted by atomic mass is 15.3. The molecule has 0 aromatic carbocycles. The van der Waals surface area contributed by atoms with Gasteiger partial charge in [0.15, 0.2) is 0 Å². The molecule has 2 aliphatic rings. The van der Waals surface area contributed by atoms with Gasteiger partial charge in [0.25, 0.3) is 0 Å². The van der Waals surface area contributed by atoms with E-state index in [1.165, 1.54) is 37.3 Å². The second-order valence-electron chi connectivity index (χ2n) is 4.79. The summed E-state index contributed by atoms with van der Waals surface area (Å²) in [6, 6.07) is 0. The van der Waals surface area contributed by atoms with Crippen molar-refractivity contribution in [1.82, 2.24) is 14.5 Å². The lowest BCUT2D eigenvalue weighted by atomic mass is 10.1. The SMILES string of the molecule is CCCN1CCc2nc3n(c2C1)CCCN3. The number of rotatable bonds is 2. The predicted molar refractivity (Wildman–Crippen MR) is 64.6 cm³/mol. The fraction of sp³-hybridized carbons (Fsp3) is 0.750. The molecule has 3 rings (SSSR count). The molecule has 0 saturated carbocycles. The van der Waals surface area contributed by atoms with Crippen LogP contribution in [0.25, 0.3) is 0 Å². The van der Waals surface area contributed by atoms with Crippen LogP contribution in [0.15, 0.2) is 0 Å². The number of aromatic nitrogens is 2. The minimum Gasteiger partial charge on any atom is -0.356 e. The van der Waals surface area contributed by atoms with Gasteiger partial charge in [-0.2, -0.15) is 0 Å². The fourth-order valence-corrected chi connectivity index (χ4v) is 2.79. The Hall–Kier alpha value is -1.03. The van der Waals surface area contributed by atoms with E-state index in [9.17, 15) is 0 Å². The maximum atomic E-state index is 4.71. The van der Waals surface area contributed by atoms with E-state index in [0.717, 1.165) is 32.0 Å². The van der Waals surface area contributed by atoms with Crippen LogP contribution in [0.3, 0.4) is 0 Å². The molecular formula is C12H20N4. The van der Waals surface area contributed by atoms with Crippen molar-refractivity contribution in [2.75, 3.05) is 25.0 Å². The number of hydrogen-bond acceptors (Lipinski definition) is 3. The van der Waals surface area contributed by atoms with Crippen LogP contribution >= 0.6 is 0 Å². The van der Waals surface area contributed by atoms with E-state index in [-0.39, 0.29) is 0 Å². The number of nitrogens with zero attached hydrogens (tertiary/aromatic N) is 3. The van der Waals surface area contributed by atoms with Crippen molar-refractivity contribution in [3.63, 3.8) is 0 Å². The maximum Gasteiger partial charge on any atom is 0.203 e. The molecule has 0 fully saturated rings. The van der Waals surface area contributed by atoms with Crippen LogP contribution in [0, 0.1) is 0 Å². The lowest BCUT2D eigenvalue weighted by Crippen LogP contribution is -2.32. The second-order valence-corrected chi connectivity index (χ2v) is 4.79. The Morgan fingerprint density at radius 2 is 2.31 bits per heavy atom. The average Bonchev–Trinajstić information content (AvgIpc) is 2.68. The van der Waals surface area contributed by atoms with E-state index in [1.54, 1.807) is 0 Å². The molecule has 0 amide bonds. The highest BCUT2D eigenvalue weighted by molar-refractivity contribution is 5.36. The molecule has 1 N–H and O–H groups in total. The standard InChI is InChI=1S/C12H20N4/c1-2-6-15-8-4-10-11(9-15)16-7-3-5-13-12(16)14-10/h2-9H2,1H3,(H,13,14). The molecule has 88 valence electrons. The van der Waals surface area contributed by atoms with Crippen LogP contribution in [-0.2, 0) is 19.5 Å². The number of nitrogens with one attached hydrogen (secondary N) is 1. The molecule has 0 spiro atoms. The molecule has 0 aliphatic carbocycles. The molecule has 1 aromatic heterocycles. The topological polar surface area (TPSA) is 33.1 Å². The van der Waals surface area contributed by atoms with Gasteiger partial charge in [-0.3, -0.25) is 4.90 Å². The monoisotopic (exact) mass is 220 g/mol. The van der Waals surface area contributed by atoms with Gasteiger partial charge in [0.05, 0.1) is 11.4 Å². The molecule has 16 heavy (non-hydrogen) atoms. The summed E-state index contributed by atoms with van der Waals surface area (Å²) in [5, 5.41) is 3.40. The fourth-order valence-electron chi connectivity index (χ4n) is 2.79. The van der Waals surface area contributed by atoms with Crippen LogP contribution in [0.4, 0.5) is 5.95 Å². The molecule has 0 radical (unpaired) electrons. The third kappa shape index (κ3) is 1.61. The number of hydrogen-bond donors (Lipinski definition) is 1. The van der Waals surface area contributed by atoms with Crippen molar-refractivity contribution in [3.05, 3.63) is 11.4 Å². The van der Waals surface area contributed by atoms with E-state index in [2.05, 4.69) is 21.7 Å². The zero-order chi connectivity index (χ0) is 11.0. The first-order valence-electron chi connectivity index (χ1n) is 6.43. The van der Waals surface area contributed by atoms with Gasteiger partial charge in [0.2, 0.25) is 5.95 Å². The Morgan fingerprint density at radius 3 is 3.19 bits per heavy atom. The lowest BCUT2D eigenvalue weighted by molar-refractivity contribution is 0.245. The summed E-state index contributed by atoms with van der Waals surface area (Å²) in [4.78, 5) is 7.26. The summed E-state index contributed by atoms with van der Waals surface area (Å²) < 4.78 is 2.39. The van der Waals surface area contributed by atoms with E-state index in [0.29, 0.717) is 0 Å². The smallest absolute Gasteiger partial charge is 0.203 e. The molecule has 1 aromatic rings. The van der Waals surface area contributed by atoms with Gasteiger partial charge in [-0.1, -0.05) is 6.92 Å². The highest BCUT2D eigenvalue weighted by Crippen LogP contribution is 2.25. The minimum atomic E-state index is 1.08. The van der Waals surface area contributed by atoms with Crippen molar-refractivity contribution < 1.29 is 0 Å². The first kappa shape index (κ1) is 10.1. The van der Waals surface area contributed by atoms with E-state index in [1.807, 2.05) is 0 Å².